The second-order valence-corrected chi connectivity index (χ2v) is 6.32. The number of hydrogen-bond donors (Lipinski definition) is 2. The highest BCUT2D eigenvalue weighted by atomic mass is 35.5. The van der Waals surface area contributed by atoms with Crippen molar-refractivity contribution < 1.29 is 19.1 Å². The number of ether oxygens (including phenoxy) is 1. The van der Waals surface area contributed by atoms with Crippen LogP contribution in [0, 0.1) is 0 Å². The fourth-order valence-electron chi connectivity index (χ4n) is 2.07. The Bertz CT molecular complexity index is 838. The van der Waals surface area contributed by atoms with Crippen LogP contribution >= 0.6 is 23.2 Å². The maximum absolute atomic E-state index is 12.1. The Morgan fingerprint density at radius 2 is 1.77 bits per heavy atom. The van der Waals surface area contributed by atoms with E-state index in [1.807, 2.05) is 0 Å². The van der Waals surface area contributed by atoms with Gasteiger partial charge in [-0.3, -0.25) is 14.4 Å². The summed E-state index contributed by atoms with van der Waals surface area (Å²) in [5, 5.41) is 3.39. The first-order valence-corrected chi connectivity index (χ1v) is 8.36. The molecule has 0 bridgehead atoms. The van der Waals surface area contributed by atoms with Crippen molar-refractivity contribution in [3.63, 3.8) is 0 Å². The van der Waals surface area contributed by atoms with Crippen molar-refractivity contribution in [3.8, 4) is 0 Å². The van der Waals surface area contributed by atoms with Crippen molar-refractivity contribution >= 4 is 46.7 Å². The van der Waals surface area contributed by atoms with Crippen molar-refractivity contribution in [1.82, 2.24) is 0 Å². The fourth-order valence-corrected chi connectivity index (χ4v) is 2.55. The Labute approximate surface area is 160 Å². The van der Waals surface area contributed by atoms with Crippen molar-refractivity contribution in [3.05, 3.63) is 63.6 Å². The van der Waals surface area contributed by atoms with Crippen molar-refractivity contribution in [1.29, 1.82) is 0 Å². The van der Waals surface area contributed by atoms with Gasteiger partial charge in [-0.2, -0.15) is 0 Å². The van der Waals surface area contributed by atoms with Gasteiger partial charge in [0.2, 0.25) is 5.91 Å². The minimum Gasteiger partial charge on any atom is -0.452 e. The van der Waals surface area contributed by atoms with Gasteiger partial charge in [0.15, 0.2) is 6.10 Å². The van der Waals surface area contributed by atoms with Gasteiger partial charge in [0.05, 0.1) is 6.42 Å². The van der Waals surface area contributed by atoms with Crippen LogP contribution in [0.5, 0.6) is 0 Å². The molecule has 6 nitrogen and oxygen atoms in total. The van der Waals surface area contributed by atoms with Gasteiger partial charge < -0.3 is 15.8 Å². The third-order valence-corrected chi connectivity index (χ3v) is 4.05. The summed E-state index contributed by atoms with van der Waals surface area (Å²) in [6.45, 7) is 1.45. The molecule has 0 fully saturated rings. The number of hydrogen-bond acceptors (Lipinski definition) is 4. The highest BCUT2D eigenvalue weighted by molar-refractivity contribution is 6.35. The third-order valence-electron chi connectivity index (χ3n) is 3.46. The van der Waals surface area contributed by atoms with Crippen LogP contribution in [-0.2, 0) is 20.7 Å². The quantitative estimate of drug-likeness (QED) is 0.734. The second-order valence-electron chi connectivity index (χ2n) is 5.48. The largest absolute Gasteiger partial charge is 0.452 e. The lowest BCUT2D eigenvalue weighted by atomic mass is 10.1. The summed E-state index contributed by atoms with van der Waals surface area (Å²) in [5.74, 6) is -1.67. The summed E-state index contributed by atoms with van der Waals surface area (Å²) in [6.07, 6.45) is -1.09. The number of nitrogens with two attached hydrogens (primary N) is 1. The average Bonchev–Trinajstić information content (AvgIpc) is 2.57. The summed E-state index contributed by atoms with van der Waals surface area (Å²) in [7, 11) is 0. The normalized spacial score (nSPS) is 11.5. The zero-order chi connectivity index (χ0) is 19.3. The Kier molecular flexibility index (Phi) is 6.60. The van der Waals surface area contributed by atoms with E-state index in [2.05, 4.69) is 5.32 Å². The maximum atomic E-state index is 12.1. The number of benzene rings is 2. The van der Waals surface area contributed by atoms with Crippen LogP contribution < -0.4 is 11.1 Å². The summed E-state index contributed by atoms with van der Waals surface area (Å²) < 4.78 is 5.12. The van der Waals surface area contributed by atoms with Gasteiger partial charge in [0.1, 0.15) is 0 Å². The topological polar surface area (TPSA) is 98.5 Å². The minimum absolute atomic E-state index is 0.0824. The first-order valence-electron chi connectivity index (χ1n) is 7.60. The molecule has 0 radical (unpaired) electrons. The van der Waals surface area contributed by atoms with Crippen LogP contribution in [0.4, 0.5) is 5.69 Å². The standard InChI is InChI=1S/C18H16Cl2N2O4/c1-10(18(25)22-14-6-3-11(4-7-14)17(21)24)26-16(23)8-12-2-5-13(19)9-15(12)20/h2-7,9-10H,8H2,1H3,(H2,21,24)(H,22,25)/t10-/m1/s1. The van der Waals surface area contributed by atoms with E-state index in [-0.39, 0.29) is 6.42 Å². The molecule has 2 aromatic carbocycles. The Morgan fingerprint density at radius 1 is 1.12 bits per heavy atom. The average molecular weight is 395 g/mol. The molecule has 0 saturated carbocycles. The molecular weight excluding hydrogens is 379 g/mol. The summed E-state index contributed by atoms with van der Waals surface area (Å²) >= 11 is 11.8. The van der Waals surface area contributed by atoms with E-state index in [0.29, 0.717) is 26.9 Å². The number of rotatable bonds is 6. The first kappa shape index (κ1) is 19.8. The van der Waals surface area contributed by atoms with Crippen LogP contribution in [0.3, 0.4) is 0 Å². The van der Waals surface area contributed by atoms with E-state index in [4.69, 9.17) is 33.7 Å². The molecule has 0 aliphatic rings. The Morgan fingerprint density at radius 3 is 2.35 bits per heavy atom. The molecule has 0 saturated heterocycles. The van der Waals surface area contributed by atoms with Gasteiger partial charge >= 0.3 is 5.97 Å². The van der Waals surface area contributed by atoms with Gasteiger partial charge in [-0.25, -0.2) is 0 Å². The Balaban J connectivity index is 1.91. The molecule has 2 amide bonds. The van der Waals surface area contributed by atoms with E-state index in [9.17, 15) is 14.4 Å². The third kappa shape index (κ3) is 5.47. The summed E-state index contributed by atoms with van der Waals surface area (Å²) in [6, 6.07) is 10.8. The van der Waals surface area contributed by atoms with Gasteiger partial charge in [0, 0.05) is 21.3 Å². The molecule has 26 heavy (non-hydrogen) atoms. The zero-order valence-electron chi connectivity index (χ0n) is 13.8. The van der Waals surface area contributed by atoms with Crippen LogP contribution in [0.2, 0.25) is 10.0 Å². The lowest BCUT2D eigenvalue weighted by Gasteiger charge is -2.14. The zero-order valence-corrected chi connectivity index (χ0v) is 15.3. The van der Waals surface area contributed by atoms with E-state index >= 15 is 0 Å². The van der Waals surface area contributed by atoms with Crippen molar-refractivity contribution in [2.75, 3.05) is 5.32 Å². The summed E-state index contributed by atoms with van der Waals surface area (Å²) in [5.41, 5.74) is 6.47. The second kappa shape index (κ2) is 8.69. The predicted octanol–water partition coefficient (Wildman–Crippen LogP) is 3.21. The fraction of sp³-hybridized carbons (Fsp3) is 0.167. The molecule has 2 rings (SSSR count). The van der Waals surface area contributed by atoms with Crippen molar-refractivity contribution in [2.24, 2.45) is 5.73 Å². The molecule has 136 valence electrons. The van der Waals surface area contributed by atoms with Crippen LogP contribution in [0.15, 0.2) is 42.5 Å². The van der Waals surface area contributed by atoms with Crippen LogP contribution in [-0.4, -0.2) is 23.9 Å². The predicted molar refractivity (Wildman–Crippen MR) is 99.3 cm³/mol. The number of primary amides is 1. The molecule has 0 unspecified atom stereocenters. The van der Waals surface area contributed by atoms with Gasteiger partial charge in [-0.05, 0) is 48.9 Å². The molecule has 0 aliphatic heterocycles. The van der Waals surface area contributed by atoms with Gasteiger partial charge in [-0.15, -0.1) is 0 Å². The number of carbonyl (C=O) groups is 3. The first-order chi connectivity index (χ1) is 12.3. The van der Waals surface area contributed by atoms with Gasteiger partial charge in [0.25, 0.3) is 5.91 Å². The molecule has 8 heteroatoms. The highest BCUT2D eigenvalue weighted by Crippen LogP contribution is 2.21. The lowest BCUT2D eigenvalue weighted by Crippen LogP contribution is -2.30. The highest BCUT2D eigenvalue weighted by Gasteiger charge is 2.19. The number of amides is 2. The number of anilines is 1. The van der Waals surface area contributed by atoms with E-state index in [0.717, 1.165) is 0 Å². The number of nitrogens with one attached hydrogen (secondary N) is 1. The number of halogens is 2. The molecule has 0 heterocycles. The molecular formula is C18H16Cl2N2O4. The van der Waals surface area contributed by atoms with Gasteiger partial charge in [-0.1, -0.05) is 29.3 Å². The monoisotopic (exact) mass is 394 g/mol. The molecule has 1 atom stereocenters. The molecule has 0 spiro atoms. The maximum Gasteiger partial charge on any atom is 0.311 e. The molecule has 0 aromatic heterocycles. The van der Waals surface area contributed by atoms with Crippen LogP contribution in [0.25, 0.3) is 0 Å². The molecule has 2 aromatic rings. The van der Waals surface area contributed by atoms with Crippen LogP contribution in [0.1, 0.15) is 22.8 Å². The van der Waals surface area contributed by atoms with E-state index < -0.39 is 23.9 Å². The number of carbonyl (C=O) groups excluding carboxylic acids is 3. The summed E-state index contributed by atoms with van der Waals surface area (Å²) in [4.78, 5) is 35.1. The van der Waals surface area contributed by atoms with E-state index in [1.54, 1.807) is 12.1 Å². The SMILES string of the molecule is C[C@@H](OC(=O)Cc1ccc(Cl)cc1Cl)C(=O)Nc1ccc(C(N)=O)cc1. The minimum atomic E-state index is -1.01. The Hall–Kier alpha value is -2.57. The lowest BCUT2D eigenvalue weighted by molar-refractivity contribution is -0.152. The molecule has 0 aliphatic carbocycles. The number of esters is 1. The van der Waals surface area contributed by atoms with Crippen molar-refractivity contribution in [2.45, 2.75) is 19.4 Å². The molecule has 3 N–H and O–H groups in total. The van der Waals surface area contributed by atoms with E-state index in [1.165, 1.54) is 37.3 Å². The smallest absolute Gasteiger partial charge is 0.311 e.